The molecule has 4 nitrogen and oxygen atoms in total. The monoisotopic (exact) mass is 332 g/mol. The molecular formula is C18H21ClN2O2. The Morgan fingerprint density at radius 2 is 1.91 bits per heavy atom. The lowest BCUT2D eigenvalue weighted by molar-refractivity contribution is 0.0198. The Bertz CT molecular complexity index is 655. The number of halogens is 1. The van der Waals surface area contributed by atoms with Gasteiger partial charge in [-0.2, -0.15) is 0 Å². The Morgan fingerprint density at radius 1 is 1.22 bits per heavy atom. The van der Waals surface area contributed by atoms with E-state index >= 15 is 0 Å². The molecule has 0 spiro atoms. The molecule has 1 aromatic carbocycles. The Balaban J connectivity index is 1.88. The van der Waals surface area contributed by atoms with Crippen LogP contribution < -0.4 is 4.74 Å². The van der Waals surface area contributed by atoms with Crippen LogP contribution in [0, 0.1) is 0 Å². The number of nitrogens with zero attached hydrogens (tertiary/aromatic N) is 2. The van der Waals surface area contributed by atoms with E-state index in [-0.39, 0.29) is 0 Å². The van der Waals surface area contributed by atoms with Crippen molar-refractivity contribution in [2.45, 2.75) is 13.0 Å². The number of hydrogen-bond acceptors (Lipinski definition) is 4. The second-order valence-electron chi connectivity index (χ2n) is 5.66. The van der Waals surface area contributed by atoms with Gasteiger partial charge >= 0.3 is 0 Å². The second-order valence-corrected chi connectivity index (χ2v) is 6.02. The highest BCUT2D eigenvalue weighted by Gasteiger charge is 2.20. The van der Waals surface area contributed by atoms with Crippen LogP contribution in [-0.2, 0) is 4.74 Å². The molecule has 1 fully saturated rings. The second kappa shape index (κ2) is 7.30. The lowest BCUT2D eigenvalue weighted by Crippen LogP contribution is -2.38. The van der Waals surface area contributed by atoms with E-state index in [9.17, 15) is 0 Å². The quantitative estimate of drug-likeness (QED) is 0.798. The first-order valence-electron chi connectivity index (χ1n) is 7.80. The van der Waals surface area contributed by atoms with Crippen molar-refractivity contribution in [2.24, 2.45) is 0 Å². The number of benzene rings is 1. The number of hydrogen-bond donors (Lipinski definition) is 0. The number of pyridine rings is 1. The summed E-state index contributed by atoms with van der Waals surface area (Å²) in [5.41, 5.74) is 3.16. The van der Waals surface area contributed by atoms with Crippen LogP contribution in [0.25, 0.3) is 11.1 Å². The summed E-state index contributed by atoms with van der Waals surface area (Å²) < 4.78 is 10.6. The van der Waals surface area contributed by atoms with E-state index in [2.05, 4.69) is 22.9 Å². The van der Waals surface area contributed by atoms with Crippen LogP contribution in [0.4, 0.5) is 0 Å². The average Bonchev–Trinajstić information content (AvgIpc) is 2.62. The Morgan fingerprint density at radius 3 is 2.57 bits per heavy atom. The summed E-state index contributed by atoms with van der Waals surface area (Å²) in [6.45, 7) is 5.67. The van der Waals surface area contributed by atoms with E-state index in [4.69, 9.17) is 21.1 Å². The molecule has 0 aliphatic carbocycles. The van der Waals surface area contributed by atoms with Gasteiger partial charge in [0.15, 0.2) is 0 Å². The molecule has 1 unspecified atom stereocenters. The third kappa shape index (κ3) is 3.66. The van der Waals surface area contributed by atoms with Crippen molar-refractivity contribution in [1.82, 2.24) is 9.88 Å². The third-order valence-electron chi connectivity index (χ3n) is 4.34. The normalized spacial score (nSPS) is 17.0. The van der Waals surface area contributed by atoms with E-state index in [0.29, 0.717) is 11.2 Å². The average molecular weight is 333 g/mol. The summed E-state index contributed by atoms with van der Waals surface area (Å²) >= 11 is 6.32. The molecule has 1 aliphatic rings. The molecule has 2 heterocycles. The fourth-order valence-electron chi connectivity index (χ4n) is 2.84. The van der Waals surface area contributed by atoms with Crippen LogP contribution in [0.3, 0.4) is 0 Å². The van der Waals surface area contributed by atoms with E-state index in [1.807, 2.05) is 30.5 Å². The largest absolute Gasteiger partial charge is 0.497 e. The third-order valence-corrected chi connectivity index (χ3v) is 4.64. The van der Waals surface area contributed by atoms with Crippen molar-refractivity contribution >= 4 is 11.6 Å². The molecule has 3 rings (SSSR count). The minimum atomic E-state index is 0.292. The van der Waals surface area contributed by atoms with Gasteiger partial charge < -0.3 is 9.47 Å². The number of aromatic nitrogens is 1. The molecule has 1 atom stereocenters. The molecule has 122 valence electrons. The maximum atomic E-state index is 6.32. The minimum absolute atomic E-state index is 0.292. The number of rotatable bonds is 4. The van der Waals surface area contributed by atoms with Crippen LogP contribution in [0.2, 0.25) is 5.15 Å². The number of morpholine rings is 1. The highest BCUT2D eigenvalue weighted by molar-refractivity contribution is 6.32. The molecule has 23 heavy (non-hydrogen) atoms. The van der Waals surface area contributed by atoms with Gasteiger partial charge in [0.2, 0.25) is 0 Å². The lowest BCUT2D eigenvalue weighted by atomic mass is 10.0. The van der Waals surface area contributed by atoms with Gasteiger partial charge in [-0.25, -0.2) is 4.98 Å². The molecule has 5 heteroatoms. The highest BCUT2D eigenvalue weighted by atomic mass is 35.5. The summed E-state index contributed by atoms with van der Waals surface area (Å²) in [6.07, 6.45) is 1.87. The van der Waals surface area contributed by atoms with Crippen LogP contribution >= 0.6 is 11.6 Å². The summed E-state index contributed by atoms with van der Waals surface area (Å²) in [7, 11) is 1.66. The zero-order valence-electron chi connectivity index (χ0n) is 13.5. The van der Waals surface area contributed by atoms with E-state index in [0.717, 1.165) is 43.2 Å². The predicted octanol–water partition coefficient (Wildman–Crippen LogP) is 3.80. The molecular weight excluding hydrogens is 312 g/mol. The van der Waals surface area contributed by atoms with E-state index < -0.39 is 0 Å². The predicted molar refractivity (Wildman–Crippen MR) is 92.0 cm³/mol. The first-order chi connectivity index (χ1) is 11.2. The van der Waals surface area contributed by atoms with Crippen LogP contribution in [0.15, 0.2) is 36.5 Å². The number of methoxy groups -OCH3 is 1. The molecule has 0 saturated carbocycles. The summed E-state index contributed by atoms with van der Waals surface area (Å²) in [6, 6.07) is 10.3. The van der Waals surface area contributed by atoms with Crippen LogP contribution in [-0.4, -0.2) is 43.3 Å². The standard InChI is InChI=1S/C18H21ClN2O2/c1-13(21-7-9-23-10-8-21)15-11-17(18(19)20-12-15)14-3-5-16(22-2)6-4-14/h3-6,11-13H,7-10H2,1-2H3. The highest BCUT2D eigenvalue weighted by Crippen LogP contribution is 2.31. The van der Waals surface area contributed by atoms with Gasteiger partial charge in [0, 0.05) is 30.9 Å². The fourth-order valence-corrected chi connectivity index (χ4v) is 3.05. The lowest BCUT2D eigenvalue weighted by Gasteiger charge is -2.32. The topological polar surface area (TPSA) is 34.6 Å². The molecule has 2 aromatic rings. The van der Waals surface area contributed by atoms with Crippen molar-refractivity contribution in [3.05, 3.63) is 47.2 Å². The Labute approximate surface area is 142 Å². The zero-order chi connectivity index (χ0) is 16.2. The van der Waals surface area contributed by atoms with Gasteiger partial charge in [-0.1, -0.05) is 23.7 Å². The van der Waals surface area contributed by atoms with Gasteiger partial charge in [0.1, 0.15) is 10.9 Å². The molecule has 0 radical (unpaired) electrons. The molecule has 0 N–H and O–H groups in total. The van der Waals surface area contributed by atoms with Crippen molar-refractivity contribution in [2.75, 3.05) is 33.4 Å². The van der Waals surface area contributed by atoms with E-state index in [1.54, 1.807) is 7.11 Å². The first kappa shape index (κ1) is 16.2. The maximum Gasteiger partial charge on any atom is 0.136 e. The maximum absolute atomic E-state index is 6.32. The van der Waals surface area contributed by atoms with E-state index in [1.165, 1.54) is 5.56 Å². The molecule has 0 amide bonds. The molecule has 1 saturated heterocycles. The van der Waals surface area contributed by atoms with Gasteiger partial charge in [-0.05, 0) is 36.2 Å². The smallest absolute Gasteiger partial charge is 0.136 e. The van der Waals surface area contributed by atoms with Crippen LogP contribution in [0.5, 0.6) is 5.75 Å². The molecule has 1 aliphatic heterocycles. The minimum Gasteiger partial charge on any atom is -0.497 e. The van der Waals surface area contributed by atoms with Gasteiger partial charge in [0.25, 0.3) is 0 Å². The van der Waals surface area contributed by atoms with Gasteiger partial charge in [-0.3, -0.25) is 4.90 Å². The zero-order valence-corrected chi connectivity index (χ0v) is 14.2. The summed E-state index contributed by atoms with van der Waals surface area (Å²) in [5.74, 6) is 0.829. The van der Waals surface area contributed by atoms with Crippen molar-refractivity contribution in [3.63, 3.8) is 0 Å². The SMILES string of the molecule is COc1ccc(-c2cc(C(C)N3CCOCC3)cnc2Cl)cc1. The van der Waals surface area contributed by atoms with Crippen LogP contribution in [0.1, 0.15) is 18.5 Å². The Hall–Kier alpha value is -1.62. The summed E-state index contributed by atoms with van der Waals surface area (Å²) in [5, 5.41) is 0.521. The number of ether oxygens (including phenoxy) is 2. The van der Waals surface area contributed by atoms with Crippen molar-refractivity contribution < 1.29 is 9.47 Å². The van der Waals surface area contributed by atoms with Gasteiger partial charge in [-0.15, -0.1) is 0 Å². The van der Waals surface area contributed by atoms with Gasteiger partial charge in [0.05, 0.1) is 20.3 Å². The fraction of sp³-hybridized carbons (Fsp3) is 0.389. The van der Waals surface area contributed by atoms with Crippen molar-refractivity contribution in [1.29, 1.82) is 0 Å². The molecule has 1 aromatic heterocycles. The van der Waals surface area contributed by atoms with Crippen molar-refractivity contribution in [3.8, 4) is 16.9 Å². The first-order valence-corrected chi connectivity index (χ1v) is 8.18. The molecule has 0 bridgehead atoms. The Kier molecular flexibility index (Phi) is 5.16. The summed E-state index contributed by atoms with van der Waals surface area (Å²) in [4.78, 5) is 6.80.